The first-order valence-corrected chi connectivity index (χ1v) is 9.36. The number of carbonyl (C=O) groups is 1. The molecule has 2 N–H and O–H groups in total. The maximum absolute atomic E-state index is 13.0. The van der Waals surface area contributed by atoms with Crippen molar-refractivity contribution in [3.63, 3.8) is 0 Å². The van der Waals surface area contributed by atoms with Crippen LogP contribution in [0.1, 0.15) is 13.3 Å². The molecule has 2 aliphatic heterocycles. The Morgan fingerprint density at radius 3 is 2.62 bits per heavy atom. The van der Waals surface area contributed by atoms with Crippen molar-refractivity contribution in [1.82, 2.24) is 9.80 Å². The molecule has 0 aromatic heterocycles. The first-order valence-electron chi connectivity index (χ1n) is 9.36. The number of halogens is 1. The summed E-state index contributed by atoms with van der Waals surface area (Å²) in [6, 6.07) is 5.28. The van der Waals surface area contributed by atoms with E-state index in [1.165, 1.54) is 12.1 Å². The third kappa shape index (κ3) is 4.34. The number of amides is 2. The second kappa shape index (κ2) is 8.79. The summed E-state index contributed by atoms with van der Waals surface area (Å²) >= 11 is 0. The molecular weight excluding hydrogens is 337 g/mol. The van der Waals surface area contributed by atoms with Gasteiger partial charge in [-0.25, -0.2) is 9.18 Å². The highest BCUT2D eigenvalue weighted by molar-refractivity contribution is 5.89. The first-order chi connectivity index (χ1) is 12.6. The molecule has 0 aliphatic carbocycles. The lowest BCUT2D eigenvalue weighted by molar-refractivity contribution is 0.0222. The van der Waals surface area contributed by atoms with Gasteiger partial charge in [-0.05, 0) is 36.1 Å². The van der Waals surface area contributed by atoms with Gasteiger partial charge < -0.3 is 20.1 Å². The van der Waals surface area contributed by atoms with Gasteiger partial charge in [0.1, 0.15) is 5.82 Å². The number of hydrogen-bond acceptors (Lipinski definition) is 4. The standard InChI is InChI=1S/C19H28FN3O3/c1-2-14-11-23(19(25)21-16-5-3-15(20)4-6-16)18(13-24)17(14)12-22-7-9-26-10-8-22/h3-6,14,17-18,24H,2,7-13H2,1H3,(H,21,25)/t14-,17-,18-/m1/s1. The number of rotatable bonds is 5. The number of morpholine rings is 1. The van der Waals surface area contributed by atoms with Crippen LogP contribution < -0.4 is 5.32 Å². The summed E-state index contributed by atoms with van der Waals surface area (Å²) in [5, 5.41) is 12.8. The highest BCUT2D eigenvalue weighted by Gasteiger charge is 2.43. The number of benzene rings is 1. The van der Waals surface area contributed by atoms with Gasteiger partial charge in [-0.3, -0.25) is 4.90 Å². The van der Waals surface area contributed by atoms with E-state index in [-0.39, 0.29) is 30.4 Å². The lowest BCUT2D eigenvalue weighted by Gasteiger charge is -2.33. The van der Waals surface area contributed by atoms with Crippen LogP contribution in [0.5, 0.6) is 0 Å². The van der Waals surface area contributed by atoms with Crippen LogP contribution in [0.2, 0.25) is 0 Å². The number of urea groups is 1. The average molecular weight is 365 g/mol. The first kappa shape index (κ1) is 19.1. The van der Waals surface area contributed by atoms with E-state index in [9.17, 15) is 14.3 Å². The van der Waals surface area contributed by atoms with E-state index in [0.29, 0.717) is 18.2 Å². The smallest absolute Gasteiger partial charge is 0.322 e. The molecule has 0 bridgehead atoms. The monoisotopic (exact) mass is 365 g/mol. The number of aliphatic hydroxyl groups excluding tert-OH is 1. The number of likely N-dealkylation sites (tertiary alicyclic amines) is 1. The Labute approximate surface area is 153 Å². The van der Waals surface area contributed by atoms with Gasteiger partial charge >= 0.3 is 6.03 Å². The topological polar surface area (TPSA) is 65.0 Å². The molecule has 1 aromatic carbocycles. The lowest BCUT2D eigenvalue weighted by Crippen LogP contribution is -2.47. The van der Waals surface area contributed by atoms with Gasteiger partial charge in [-0.2, -0.15) is 0 Å². The Hall–Kier alpha value is -1.70. The normalized spacial score (nSPS) is 26.9. The lowest BCUT2D eigenvalue weighted by atomic mass is 9.88. The van der Waals surface area contributed by atoms with Crippen LogP contribution in [0.4, 0.5) is 14.9 Å². The molecule has 26 heavy (non-hydrogen) atoms. The van der Waals surface area contributed by atoms with Crippen molar-refractivity contribution in [2.75, 3.05) is 51.3 Å². The second-order valence-electron chi connectivity index (χ2n) is 7.08. The molecule has 2 aliphatic rings. The Kier molecular flexibility index (Phi) is 6.45. The SMILES string of the molecule is CC[C@@H]1CN(C(=O)Nc2ccc(F)cc2)[C@H](CO)[C@@H]1CN1CCOCC1. The number of ether oxygens (including phenoxy) is 1. The summed E-state index contributed by atoms with van der Waals surface area (Å²) in [6.45, 7) is 6.84. The highest BCUT2D eigenvalue weighted by Crippen LogP contribution is 2.33. The molecule has 7 heteroatoms. The minimum Gasteiger partial charge on any atom is -0.394 e. The van der Waals surface area contributed by atoms with Gasteiger partial charge in [-0.15, -0.1) is 0 Å². The summed E-state index contributed by atoms with van der Waals surface area (Å²) in [7, 11) is 0. The van der Waals surface area contributed by atoms with Crippen LogP contribution in [0.15, 0.2) is 24.3 Å². The molecule has 2 heterocycles. The van der Waals surface area contributed by atoms with E-state index in [0.717, 1.165) is 39.3 Å². The summed E-state index contributed by atoms with van der Waals surface area (Å²) in [5.74, 6) is 0.255. The zero-order valence-electron chi connectivity index (χ0n) is 15.2. The van der Waals surface area contributed by atoms with Crippen molar-refractivity contribution >= 4 is 11.7 Å². The molecule has 0 radical (unpaired) electrons. The van der Waals surface area contributed by atoms with Crippen LogP contribution >= 0.6 is 0 Å². The second-order valence-corrected chi connectivity index (χ2v) is 7.08. The number of anilines is 1. The van der Waals surface area contributed by atoms with E-state index in [4.69, 9.17) is 4.74 Å². The maximum atomic E-state index is 13.0. The van der Waals surface area contributed by atoms with Crippen molar-refractivity contribution in [2.24, 2.45) is 11.8 Å². The summed E-state index contributed by atoms with van der Waals surface area (Å²) in [4.78, 5) is 16.8. The highest BCUT2D eigenvalue weighted by atomic mass is 19.1. The quantitative estimate of drug-likeness (QED) is 0.838. The van der Waals surface area contributed by atoms with Gasteiger partial charge in [0.2, 0.25) is 0 Å². The summed E-state index contributed by atoms with van der Waals surface area (Å²) in [6.07, 6.45) is 0.964. The fraction of sp³-hybridized carbons (Fsp3) is 0.632. The predicted molar refractivity (Wildman–Crippen MR) is 97.5 cm³/mol. The van der Waals surface area contributed by atoms with Gasteiger partial charge in [0, 0.05) is 31.9 Å². The molecule has 0 unspecified atom stereocenters. The minimum atomic E-state index is -0.339. The van der Waals surface area contributed by atoms with E-state index < -0.39 is 0 Å². The van der Waals surface area contributed by atoms with Crippen molar-refractivity contribution in [3.8, 4) is 0 Å². The molecule has 0 saturated carbocycles. The van der Waals surface area contributed by atoms with Crippen LogP contribution in [0, 0.1) is 17.7 Å². The van der Waals surface area contributed by atoms with Crippen molar-refractivity contribution in [2.45, 2.75) is 19.4 Å². The van der Waals surface area contributed by atoms with Crippen molar-refractivity contribution in [3.05, 3.63) is 30.1 Å². The Balaban J connectivity index is 1.68. The predicted octanol–water partition coefficient (Wildman–Crippen LogP) is 2.01. The molecule has 6 nitrogen and oxygen atoms in total. The fourth-order valence-electron chi connectivity index (χ4n) is 4.05. The van der Waals surface area contributed by atoms with Crippen molar-refractivity contribution < 1.29 is 19.0 Å². The minimum absolute atomic E-state index is 0.0532. The Bertz CT molecular complexity index is 592. The van der Waals surface area contributed by atoms with Crippen LogP contribution in [-0.4, -0.2) is 73.0 Å². The largest absolute Gasteiger partial charge is 0.394 e. The number of nitrogens with zero attached hydrogens (tertiary/aromatic N) is 2. The number of nitrogens with one attached hydrogen (secondary N) is 1. The molecule has 144 valence electrons. The zero-order valence-corrected chi connectivity index (χ0v) is 15.2. The molecule has 2 fully saturated rings. The van der Waals surface area contributed by atoms with E-state index in [1.54, 1.807) is 17.0 Å². The zero-order chi connectivity index (χ0) is 18.5. The van der Waals surface area contributed by atoms with Crippen LogP contribution in [0.25, 0.3) is 0 Å². The fourth-order valence-corrected chi connectivity index (χ4v) is 4.05. The van der Waals surface area contributed by atoms with Gasteiger partial charge in [0.05, 0.1) is 25.9 Å². The van der Waals surface area contributed by atoms with E-state index in [1.807, 2.05) is 0 Å². The van der Waals surface area contributed by atoms with E-state index >= 15 is 0 Å². The molecule has 1 aromatic rings. The van der Waals surface area contributed by atoms with Gasteiger partial charge in [-0.1, -0.05) is 13.3 Å². The molecule has 2 saturated heterocycles. The Morgan fingerprint density at radius 2 is 2.00 bits per heavy atom. The third-order valence-corrected chi connectivity index (χ3v) is 5.57. The molecular formula is C19H28FN3O3. The van der Waals surface area contributed by atoms with Crippen molar-refractivity contribution in [1.29, 1.82) is 0 Å². The molecule has 0 spiro atoms. The number of aliphatic hydroxyl groups is 1. The van der Waals surface area contributed by atoms with Gasteiger partial charge in [0.15, 0.2) is 0 Å². The van der Waals surface area contributed by atoms with Crippen LogP contribution in [0.3, 0.4) is 0 Å². The molecule has 3 rings (SSSR count). The average Bonchev–Trinajstić information content (AvgIpc) is 3.02. The molecule has 3 atom stereocenters. The number of hydrogen-bond donors (Lipinski definition) is 2. The number of carbonyl (C=O) groups excluding carboxylic acids is 1. The molecule has 2 amide bonds. The Morgan fingerprint density at radius 1 is 1.31 bits per heavy atom. The van der Waals surface area contributed by atoms with E-state index in [2.05, 4.69) is 17.1 Å². The summed E-state index contributed by atoms with van der Waals surface area (Å²) < 4.78 is 18.5. The summed E-state index contributed by atoms with van der Waals surface area (Å²) in [5.41, 5.74) is 0.553. The third-order valence-electron chi connectivity index (χ3n) is 5.57. The van der Waals surface area contributed by atoms with Crippen LogP contribution in [-0.2, 0) is 4.74 Å². The van der Waals surface area contributed by atoms with Gasteiger partial charge in [0.25, 0.3) is 0 Å². The maximum Gasteiger partial charge on any atom is 0.322 e.